The SMILES string of the molecule is NCCC(=O)c1cscn1. The lowest BCUT2D eigenvalue weighted by atomic mass is 10.2. The van der Waals surface area contributed by atoms with Gasteiger partial charge in [0.2, 0.25) is 0 Å². The van der Waals surface area contributed by atoms with E-state index >= 15 is 0 Å². The highest BCUT2D eigenvalue weighted by atomic mass is 32.1. The number of hydrogen-bond donors (Lipinski definition) is 1. The van der Waals surface area contributed by atoms with Gasteiger partial charge in [-0.2, -0.15) is 0 Å². The number of nitrogens with zero attached hydrogens (tertiary/aromatic N) is 1. The molecule has 0 saturated carbocycles. The molecule has 10 heavy (non-hydrogen) atoms. The van der Waals surface area contributed by atoms with Gasteiger partial charge in [0, 0.05) is 11.8 Å². The van der Waals surface area contributed by atoms with Crippen LogP contribution in [0.15, 0.2) is 10.9 Å². The maximum Gasteiger partial charge on any atom is 0.183 e. The van der Waals surface area contributed by atoms with Crippen molar-refractivity contribution in [1.29, 1.82) is 0 Å². The molecule has 0 unspecified atom stereocenters. The molecule has 1 aromatic rings. The summed E-state index contributed by atoms with van der Waals surface area (Å²) in [6.45, 7) is 0.399. The van der Waals surface area contributed by atoms with Crippen molar-refractivity contribution in [2.45, 2.75) is 6.42 Å². The third-order valence-corrected chi connectivity index (χ3v) is 1.68. The van der Waals surface area contributed by atoms with Crippen LogP contribution in [0.4, 0.5) is 0 Å². The zero-order valence-electron chi connectivity index (χ0n) is 5.41. The lowest BCUT2D eigenvalue weighted by Gasteiger charge is -1.89. The smallest absolute Gasteiger partial charge is 0.183 e. The van der Waals surface area contributed by atoms with Crippen molar-refractivity contribution in [3.63, 3.8) is 0 Å². The zero-order chi connectivity index (χ0) is 7.40. The molecule has 0 atom stereocenters. The quantitative estimate of drug-likeness (QED) is 0.654. The van der Waals surface area contributed by atoms with E-state index < -0.39 is 0 Å². The molecule has 0 radical (unpaired) electrons. The van der Waals surface area contributed by atoms with Crippen LogP contribution in [0.5, 0.6) is 0 Å². The third-order valence-electron chi connectivity index (χ3n) is 1.09. The second-order valence-corrected chi connectivity index (χ2v) is 2.55. The van der Waals surface area contributed by atoms with Crippen LogP contribution in [-0.2, 0) is 0 Å². The summed E-state index contributed by atoms with van der Waals surface area (Å²) in [6.07, 6.45) is 0.393. The first kappa shape index (κ1) is 7.37. The Kier molecular flexibility index (Phi) is 2.53. The molecular weight excluding hydrogens is 148 g/mol. The van der Waals surface area contributed by atoms with E-state index in [4.69, 9.17) is 5.73 Å². The predicted molar refractivity (Wildman–Crippen MR) is 40.1 cm³/mol. The molecule has 1 aromatic heterocycles. The molecule has 4 heteroatoms. The number of carbonyl (C=O) groups excluding carboxylic acids is 1. The second-order valence-electron chi connectivity index (χ2n) is 1.84. The first-order chi connectivity index (χ1) is 4.84. The van der Waals surface area contributed by atoms with E-state index in [-0.39, 0.29) is 5.78 Å². The highest BCUT2D eigenvalue weighted by Crippen LogP contribution is 2.02. The van der Waals surface area contributed by atoms with Crippen molar-refractivity contribution in [3.05, 3.63) is 16.6 Å². The van der Waals surface area contributed by atoms with Gasteiger partial charge in [-0.3, -0.25) is 4.79 Å². The van der Waals surface area contributed by atoms with E-state index in [0.717, 1.165) is 0 Å². The summed E-state index contributed by atoms with van der Waals surface area (Å²) in [5.74, 6) is 0.0313. The van der Waals surface area contributed by atoms with Crippen LogP contribution in [0.3, 0.4) is 0 Å². The van der Waals surface area contributed by atoms with Crippen LogP contribution < -0.4 is 5.73 Å². The van der Waals surface area contributed by atoms with Crippen molar-refractivity contribution >= 4 is 17.1 Å². The molecule has 0 aromatic carbocycles. The number of rotatable bonds is 3. The van der Waals surface area contributed by atoms with E-state index in [1.54, 1.807) is 10.9 Å². The van der Waals surface area contributed by atoms with E-state index in [2.05, 4.69) is 4.98 Å². The summed E-state index contributed by atoms with van der Waals surface area (Å²) in [5, 5.41) is 1.73. The fraction of sp³-hybridized carbons (Fsp3) is 0.333. The third kappa shape index (κ3) is 1.62. The molecule has 1 rings (SSSR count). The fourth-order valence-electron chi connectivity index (χ4n) is 0.609. The number of carbonyl (C=O) groups is 1. The van der Waals surface area contributed by atoms with Crippen LogP contribution in [0.1, 0.15) is 16.9 Å². The first-order valence-corrected chi connectivity index (χ1v) is 3.90. The van der Waals surface area contributed by atoms with Crippen molar-refractivity contribution in [3.8, 4) is 0 Å². The van der Waals surface area contributed by atoms with Gasteiger partial charge in [-0.1, -0.05) is 0 Å². The minimum Gasteiger partial charge on any atom is -0.330 e. The summed E-state index contributed by atoms with van der Waals surface area (Å²) in [6, 6.07) is 0. The molecule has 0 amide bonds. The van der Waals surface area contributed by atoms with Crippen LogP contribution in [0.2, 0.25) is 0 Å². The Morgan fingerprint density at radius 2 is 2.60 bits per heavy atom. The van der Waals surface area contributed by atoms with E-state index in [9.17, 15) is 4.79 Å². The monoisotopic (exact) mass is 156 g/mol. The van der Waals surface area contributed by atoms with Crippen LogP contribution in [0.25, 0.3) is 0 Å². The van der Waals surface area contributed by atoms with E-state index in [0.29, 0.717) is 18.7 Å². The van der Waals surface area contributed by atoms with Crippen LogP contribution in [0, 0.1) is 0 Å². The number of aromatic nitrogens is 1. The molecule has 0 aliphatic carbocycles. The Balaban J connectivity index is 2.59. The Labute approximate surface area is 62.9 Å². The summed E-state index contributed by atoms with van der Waals surface area (Å²) in [4.78, 5) is 14.8. The van der Waals surface area contributed by atoms with Crippen molar-refractivity contribution < 1.29 is 4.79 Å². The number of nitrogens with two attached hydrogens (primary N) is 1. The summed E-state index contributed by atoms with van der Waals surface area (Å²) in [5.41, 5.74) is 7.37. The van der Waals surface area contributed by atoms with Gasteiger partial charge in [0.25, 0.3) is 0 Å². The van der Waals surface area contributed by atoms with Gasteiger partial charge in [-0.05, 0) is 6.54 Å². The zero-order valence-corrected chi connectivity index (χ0v) is 6.23. The average Bonchev–Trinajstić information content (AvgIpc) is 2.38. The van der Waals surface area contributed by atoms with Gasteiger partial charge in [-0.15, -0.1) is 11.3 Å². The molecule has 0 fully saturated rings. The number of hydrogen-bond acceptors (Lipinski definition) is 4. The Bertz CT molecular complexity index is 208. The summed E-state index contributed by atoms with van der Waals surface area (Å²) in [7, 11) is 0. The second kappa shape index (κ2) is 3.43. The number of ketones is 1. The first-order valence-electron chi connectivity index (χ1n) is 2.96. The van der Waals surface area contributed by atoms with E-state index in [1.807, 2.05) is 0 Å². The van der Waals surface area contributed by atoms with E-state index in [1.165, 1.54) is 11.3 Å². The van der Waals surface area contributed by atoms with Gasteiger partial charge in [0.15, 0.2) is 5.78 Å². The van der Waals surface area contributed by atoms with Crippen molar-refractivity contribution in [2.75, 3.05) is 6.54 Å². The van der Waals surface area contributed by atoms with Crippen molar-refractivity contribution in [2.24, 2.45) is 5.73 Å². The molecule has 0 aliphatic rings. The molecule has 0 saturated heterocycles. The Morgan fingerprint density at radius 3 is 3.10 bits per heavy atom. The Morgan fingerprint density at radius 1 is 1.80 bits per heavy atom. The van der Waals surface area contributed by atoms with Crippen LogP contribution in [-0.4, -0.2) is 17.3 Å². The standard InChI is InChI=1S/C6H8N2OS/c7-2-1-6(9)5-3-10-4-8-5/h3-4H,1-2,7H2. The molecule has 3 nitrogen and oxygen atoms in total. The maximum atomic E-state index is 11.0. The largest absolute Gasteiger partial charge is 0.330 e. The van der Waals surface area contributed by atoms with Gasteiger partial charge in [0.05, 0.1) is 5.51 Å². The van der Waals surface area contributed by atoms with Gasteiger partial charge in [0.1, 0.15) is 5.69 Å². The molecule has 0 aliphatic heterocycles. The minimum atomic E-state index is 0.0313. The van der Waals surface area contributed by atoms with Gasteiger partial charge >= 0.3 is 0 Å². The highest BCUT2D eigenvalue weighted by Gasteiger charge is 2.04. The minimum absolute atomic E-state index is 0.0313. The summed E-state index contributed by atoms with van der Waals surface area (Å²) >= 11 is 1.42. The van der Waals surface area contributed by atoms with Gasteiger partial charge in [-0.25, -0.2) is 4.98 Å². The lowest BCUT2D eigenvalue weighted by molar-refractivity contribution is 0.0981. The molecular formula is C6H8N2OS. The lowest BCUT2D eigenvalue weighted by Crippen LogP contribution is -2.07. The van der Waals surface area contributed by atoms with Crippen molar-refractivity contribution in [1.82, 2.24) is 4.98 Å². The normalized spacial score (nSPS) is 9.70. The molecule has 1 heterocycles. The fourth-order valence-corrected chi connectivity index (χ4v) is 1.17. The predicted octanol–water partition coefficient (Wildman–Crippen LogP) is 0.675. The number of thiazole rings is 1. The molecule has 0 bridgehead atoms. The highest BCUT2D eigenvalue weighted by molar-refractivity contribution is 7.07. The molecule has 0 spiro atoms. The summed E-state index contributed by atoms with van der Waals surface area (Å²) < 4.78 is 0. The van der Waals surface area contributed by atoms with Crippen LogP contribution >= 0.6 is 11.3 Å². The van der Waals surface area contributed by atoms with Gasteiger partial charge < -0.3 is 5.73 Å². The molecule has 2 N–H and O–H groups in total. The topological polar surface area (TPSA) is 56.0 Å². The number of Topliss-reactive ketones (excluding diaryl/α,β-unsaturated/α-hetero) is 1. The molecule has 54 valence electrons. The maximum absolute atomic E-state index is 11.0. The Hall–Kier alpha value is -0.740. The average molecular weight is 156 g/mol.